The van der Waals surface area contributed by atoms with Gasteiger partial charge in [-0.25, -0.2) is 4.79 Å². The van der Waals surface area contributed by atoms with E-state index in [-0.39, 0.29) is 31.5 Å². The van der Waals surface area contributed by atoms with Gasteiger partial charge in [-0.2, -0.15) is 0 Å². The fraction of sp³-hybridized carbons (Fsp3) is 0.692. The molecule has 0 spiro atoms. The highest BCUT2D eigenvalue weighted by Gasteiger charge is 2.11. The van der Waals surface area contributed by atoms with Gasteiger partial charge in [0.05, 0.1) is 25.4 Å². The predicted octanol–water partition coefficient (Wildman–Crippen LogP) is 1.09. The van der Waals surface area contributed by atoms with Crippen LogP contribution in [-0.4, -0.2) is 50.6 Å². The Morgan fingerprint density at radius 3 is 2.11 bits per heavy atom. The van der Waals surface area contributed by atoms with E-state index in [2.05, 4.69) is 11.3 Å². The molecule has 0 aromatic rings. The normalized spacial score (nSPS) is 15.1. The topological polar surface area (TPSA) is 71.1 Å². The molecule has 0 bridgehead atoms. The minimum atomic E-state index is -0.473. The van der Waals surface area contributed by atoms with Crippen molar-refractivity contribution >= 4 is 12.4 Å². The first-order chi connectivity index (χ1) is 8.99. The maximum Gasteiger partial charge on any atom is 0.330 e. The first-order valence-corrected chi connectivity index (χ1v) is 6.11. The fourth-order valence-electron chi connectivity index (χ4n) is 1.15. The molecule has 3 atom stereocenters. The highest BCUT2D eigenvalue weighted by Crippen LogP contribution is 2.00. The van der Waals surface area contributed by atoms with E-state index in [1.54, 1.807) is 13.8 Å². The molecule has 0 rings (SSSR count). The van der Waals surface area contributed by atoms with Crippen molar-refractivity contribution in [3.05, 3.63) is 12.7 Å². The fourth-order valence-corrected chi connectivity index (χ4v) is 1.15. The molecule has 0 amide bonds. The van der Waals surface area contributed by atoms with E-state index in [1.165, 1.54) is 0 Å². The van der Waals surface area contributed by atoms with Crippen LogP contribution in [-0.2, 0) is 28.5 Å². The molecule has 6 heteroatoms. The van der Waals surface area contributed by atoms with E-state index in [0.29, 0.717) is 13.1 Å². The van der Waals surface area contributed by atoms with Gasteiger partial charge in [0, 0.05) is 6.08 Å². The van der Waals surface area contributed by atoms with Crippen molar-refractivity contribution in [2.45, 2.75) is 39.1 Å². The number of carbonyl (C=O) groups excluding carboxylic acids is 2. The SMILES string of the molecule is C=CC(=O)OC(C)COC(C)COC(C)COC=O. The summed E-state index contributed by atoms with van der Waals surface area (Å²) in [5, 5.41) is 0. The van der Waals surface area contributed by atoms with Crippen LogP contribution in [0.2, 0.25) is 0 Å². The predicted molar refractivity (Wildman–Crippen MR) is 68.6 cm³/mol. The smallest absolute Gasteiger partial charge is 0.330 e. The Kier molecular flexibility index (Phi) is 9.74. The summed E-state index contributed by atoms with van der Waals surface area (Å²) >= 11 is 0. The molecule has 0 heterocycles. The highest BCUT2D eigenvalue weighted by molar-refractivity contribution is 5.81. The zero-order chi connectivity index (χ0) is 14.7. The summed E-state index contributed by atoms with van der Waals surface area (Å²) in [7, 11) is 0. The van der Waals surface area contributed by atoms with E-state index in [4.69, 9.17) is 14.2 Å². The van der Waals surface area contributed by atoms with E-state index >= 15 is 0 Å². The van der Waals surface area contributed by atoms with Crippen molar-refractivity contribution < 1.29 is 28.5 Å². The van der Waals surface area contributed by atoms with Gasteiger partial charge in [-0.15, -0.1) is 0 Å². The molecule has 19 heavy (non-hydrogen) atoms. The second kappa shape index (κ2) is 10.5. The minimum Gasteiger partial charge on any atom is -0.465 e. The Morgan fingerprint density at radius 2 is 1.58 bits per heavy atom. The summed E-state index contributed by atoms with van der Waals surface area (Å²) in [6.45, 7) is 9.92. The van der Waals surface area contributed by atoms with Gasteiger partial charge in [0.15, 0.2) is 0 Å². The minimum absolute atomic E-state index is 0.149. The Bertz CT molecular complexity index is 278. The van der Waals surface area contributed by atoms with E-state index in [1.807, 2.05) is 6.92 Å². The number of hydrogen-bond acceptors (Lipinski definition) is 6. The molecule has 0 saturated carbocycles. The molecule has 0 fully saturated rings. The van der Waals surface area contributed by atoms with Crippen molar-refractivity contribution in [1.82, 2.24) is 0 Å². The number of rotatable bonds is 11. The lowest BCUT2D eigenvalue weighted by atomic mass is 10.4. The summed E-state index contributed by atoms with van der Waals surface area (Å²) in [6.07, 6.45) is 0.428. The maximum atomic E-state index is 10.9. The van der Waals surface area contributed by atoms with Gasteiger partial charge in [-0.05, 0) is 20.8 Å². The molecule has 0 radical (unpaired) electrons. The molecule has 0 aromatic carbocycles. The van der Waals surface area contributed by atoms with Gasteiger partial charge >= 0.3 is 5.97 Å². The van der Waals surface area contributed by atoms with Crippen molar-refractivity contribution in [3.8, 4) is 0 Å². The van der Waals surface area contributed by atoms with Crippen molar-refractivity contribution in [2.24, 2.45) is 0 Å². The van der Waals surface area contributed by atoms with Crippen LogP contribution in [0.25, 0.3) is 0 Å². The van der Waals surface area contributed by atoms with Crippen LogP contribution in [0.1, 0.15) is 20.8 Å². The van der Waals surface area contributed by atoms with E-state index in [0.717, 1.165) is 6.08 Å². The molecule has 3 unspecified atom stereocenters. The van der Waals surface area contributed by atoms with Gasteiger partial charge in [0.2, 0.25) is 0 Å². The van der Waals surface area contributed by atoms with E-state index in [9.17, 15) is 9.59 Å². The van der Waals surface area contributed by atoms with Crippen molar-refractivity contribution in [2.75, 3.05) is 19.8 Å². The highest BCUT2D eigenvalue weighted by atomic mass is 16.6. The average Bonchev–Trinajstić information content (AvgIpc) is 2.40. The molecule has 0 aliphatic carbocycles. The lowest BCUT2D eigenvalue weighted by Gasteiger charge is -2.19. The van der Waals surface area contributed by atoms with Crippen LogP contribution in [0.5, 0.6) is 0 Å². The maximum absolute atomic E-state index is 10.9. The summed E-state index contributed by atoms with van der Waals surface area (Å²) in [5.74, 6) is -0.473. The van der Waals surface area contributed by atoms with Gasteiger partial charge < -0.3 is 18.9 Å². The molecule has 0 aromatic heterocycles. The van der Waals surface area contributed by atoms with Gasteiger partial charge in [-0.1, -0.05) is 6.58 Å². The zero-order valence-corrected chi connectivity index (χ0v) is 11.7. The summed E-state index contributed by atoms with van der Waals surface area (Å²) in [5.41, 5.74) is 0. The Balaban J connectivity index is 3.68. The van der Waals surface area contributed by atoms with Crippen LogP contribution in [0.15, 0.2) is 12.7 Å². The molecular weight excluding hydrogens is 252 g/mol. The Labute approximate surface area is 113 Å². The van der Waals surface area contributed by atoms with Gasteiger partial charge in [0.25, 0.3) is 6.47 Å². The summed E-state index contributed by atoms with van der Waals surface area (Å²) in [4.78, 5) is 20.9. The number of carbonyl (C=O) groups is 2. The van der Waals surface area contributed by atoms with Gasteiger partial charge in [-0.3, -0.25) is 4.79 Å². The number of hydrogen-bond donors (Lipinski definition) is 0. The Morgan fingerprint density at radius 1 is 1.05 bits per heavy atom. The van der Waals surface area contributed by atoms with Crippen LogP contribution in [0.4, 0.5) is 0 Å². The van der Waals surface area contributed by atoms with Gasteiger partial charge in [0.1, 0.15) is 12.7 Å². The Hall–Kier alpha value is -1.40. The lowest BCUT2D eigenvalue weighted by Crippen LogP contribution is -2.27. The van der Waals surface area contributed by atoms with Crippen LogP contribution in [0, 0.1) is 0 Å². The zero-order valence-electron chi connectivity index (χ0n) is 11.7. The first kappa shape index (κ1) is 17.6. The third kappa shape index (κ3) is 10.2. The van der Waals surface area contributed by atoms with Crippen LogP contribution < -0.4 is 0 Å². The second-order valence-electron chi connectivity index (χ2n) is 4.17. The summed E-state index contributed by atoms with van der Waals surface area (Å²) < 4.78 is 20.4. The number of esters is 1. The molecular formula is C13H22O6. The molecule has 110 valence electrons. The molecule has 6 nitrogen and oxygen atoms in total. The van der Waals surface area contributed by atoms with Crippen LogP contribution in [0.3, 0.4) is 0 Å². The molecule has 0 saturated heterocycles. The second-order valence-corrected chi connectivity index (χ2v) is 4.17. The average molecular weight is 274 g/mol. The van der Waals surface area contributed by atoms with E-state index < -0.39 is 5.97 Å². The quantitative estimate of drug-likeness (QED) is 0.319. The van der Waals surface area contributed by atoms with Crippen molar-refractivity contribution in [3.63, 3.8) is 0 Å². The third-order valence-electron chi connectivity index (χ3n) is 2.11. The van der Waals surface area contributed by atoms with Crippen LogP contribution >= 0.6 is 0 Å². The standard InChI is InChI=1S/C13H22O6/c1-5-13(15)19-12(4)8-18-11(3)7-17-10(2)6-16-9-14/h5,9-12H,1,6-8H2,2-4H3. The molecule has 0 aliphatic heterocycles. The van der Waals surface area contributed by atoms with Crippen molar-refractivity contribution in [1.29, 1.82) is 0 Å². The molecule has 0 aliphatic rings. The largest absolute Gasteiger partial charge is 0.465 e. The molecule has 0 N–H and O–H groups in total. The monoisotopic (exact) mass is 274 g/mol. The summed E-state index contributed by atoms with van der Waals surface area (Å²) in [6, 6.07) is 0. The number of ether oxygens (including phenoxy) is 4. The third-order valence-corrected chi connectivity index (χ3v) is 2.11. The first-order valence-electron chi connectivity index (χ1n) is 6.11. The lowest BCUT2D eigenvalue weighted by molar-refractivity contribution is -0.147.